The minimum Gasteiger partial charge on any atom is -0.342 e. The Morgan fingerprint density at radius 1 is 1.08 bits per heavy atom. The van der Waals surface area contributed by atoms with E-state index in [1.54, 1.807) is 0 Å². The van der Waals surface area contributed by atoms with Crippen molar-refractivity contribution in [2.75, 3.05) is 13.1 Å². The standard InChI is InChI=1S/C19H19N5S/c1-2-6-16-15(5-1)20-19(21-16)14-4-3-9-24(12-14)11-13-7-8-17-18(10-13)23-25-22-17/h1-2,5-8,10,14H,3-4,9,11-12H2,(H,20,21)/t14-/m1/s1. The zero-order chi connectivity index (χ0) is 16.6. The molecular weight excluding hydrogens is 330 g/mol. The zero-order valence-electron chi connectivity index (χ0n) is 13.9. The van der Waals surface area contributed by atoms with Crippen LogP contribution < -0.4 is 0 Å². The van der Waals surface area contributed by atoms with E-state index in [-0.39, 0.29) is 0 Å². The van der Waals surface area contributed by atoms with Gasteiger partial charge in [0.1, 0.15) is 16.9 Å². The van der Waals surface area contributed by atoms with Crippen molar-refractivity contribution in [1.29, 1.82) is 0 Å². The van der Waals surface area contributed by atoms with Gasteiger partial charge in [-0.1, -0.05) is 18.2 Å². The topological polar surface area (TPSA) is 57.7 Å². The number of piperidine rings is 1. The number of hydrogen-bond acceptors (Lipinski definition) is 5. The fraction of sp³-hybridized carbons (Fsp3) is 0.316. The number of likely N-dealkylation sites (tertiary alicyclic amines) is 1. The first-order valence-electron chi connectivity index (χ1n) is 8.73. The third-order valence-electron chi connectivity index (χ3n) is 5.02. The lowest BCUT2D eigenvalue weighted by Crippen LogP contribution is -2.34. The van der Waals surface area contributed by atoms with Gasteiger partial charge in [-0.2, -0.15) is 8.75 Å². The van der Waals surface area contributed by atoms with E-state index >= 15 is 0 Å². The summed E-state index contributed by atoms with van der Waals surface area (Å²) in [4.78, 5) is 10.9. The number of hydrogen-bond donors (Lipinski definition) is 1. The Morgan fingerprint density at radius 2 is 2.00 bits per heavy atom. The van der Waals surface area contributed by atoms with E-state index in [9.17, 15) is 0 Å². The van der Waals surface area contributed by atoms with Crippen LogP contribution in [0.1, 0.15) is 30.1 Å². The molecule has 0 saturated carbocycles. The number of imidazole rings is 1. The second kappa shape index (κ2) is 6.20. The number of aromatic amines is 1. The normalized spacial score (nSPS) is 19.0. The number of rotatable bonds is 3. The summed E-state index contributed by atoms with van der Waals surface area (Å²) >= 11 is 1.28. The molecule has 25 heavy (non-hydrogen) atoms. The summed E-state index contributed by atoms with van der Waals surface area (Å²) in [6.45, 7) is 3.15. The van der Waals surface area contributed by atoms with Crippen LogP contribution in [0.2, 0.25) is 0 Å². The van der Waals surface area contributed by atoms with Crippen LogP contribution in [-0.4, -0.2) is 36.7 Å². The Morgan fingerprint density at radius 3 is 2.96 bits per heavy atom. The third kappa shape index (κ3) is 2.92. The second-order valence-corrected chi connectivity index (χ2v) is 7.33. The van der Waals surface area contributed by atoms with Crippen molar-refractivity contribution in [1.82, 2.24) is 23.6 Å². The quantitative estimate of drug-likeness (QED) is 0.608. The number of nitrogens with zero attached hydrogens (tertiary/aromatic N) is 4. The molecule has 0 amide bonds. The number of nitrogens with one attached hydrogen (secondary N) is 1. The molecule has 6 heteroatoms. The molecule has 0 aliphatic carbocycles. The molecule has 0 bridgehead atoms. The van der Waals surface area contributed by atoms with Gasteiger partial charge in [-0.05, 0) is 49.2 Å². The van der Waals surface area contributed by atoms with Crippen molar-refractivity contribution in [2.45, 2.75) is 25.3 Å². The van der Waals surface area contributed by atoms with Crippen molar-refractivity contribution in [2.24, 2.45) is 0 Å². The van der Waals surface area contributed by atoms with Gasteiger partial charge in [0.15, 0.2) is 0 Å². The molecule has 0 spiro atoms. The Balaban J connectivity index is 1.34. The van der Waals surface area contributed by atoms with Crippen molar-refractivity contribution in [3.05, 3.63) is 53.9 Å². The molecular formula is C19H19N5S. The summed E-state index contributed by atoms with van der Waals surface area (Å²) in [5.41, 5.74) is 5.51. The minimum absolute atomic E-state index is 0.478. The first-order chi connectivity index (χ1) is 12.3. The van der Waals surface area contributed by atoms with Gasteiger partial charge in [0.05, 0.1) is 22.8 Å². The highest BCUT2D eigenvalue weighted by Gasteiger charge is 2.24. The van der Waals surface area contributed by atoms with E-state index in [4.69, 9.17) is 4.98 Å². The molecule has 5 nitrogen and oxygen atoms in total. The lowest BCUT2D eigenvalue weighted by Gasteiger charge is -2.31. The van der Waals surface area contributed by atoms with Gasteiger partial charge in [0.25, 0.3) is 0 Å². The van der Waals surface area contributed by atoms with Gasteiger partial charge in [-0.25, -0.2) is 4.98 Å². The molecule has 1 atom stereocenters. The van der Waals surface area contributed by atoms with Gasteiger partial charge in [0.2, 0.25) is 0 Å². The summed E-state index contributed by atoms with van der Waals surface area (Å²) < 4.78 is 8.64. The number of benzene rings is 2. The van der Waals surface area contributed by atoms with E-state index < -0.39 is 0 Å². The highest BCUT2D eigenvalue weighted by atomic mass is 32.1. The molecule has 3 heterocycles. The summed E-state index contributed by atoms with van der Waals surface area (Å²) in [6, 6.07) is 14.7. The Labute approximate surface area is 150 Å². The smallest absolute Gasteiger partial charge is 0.111 e. The second-order valence-electron chi connectivity index (χ2n) is 6.80. The average molecular weight is 349 g/mol. The predicted octanol–water partition coefficient (Wildman–Crippen LogP) is 3.95. The minimum atomic E-state index is 0.478. The van der Waals surface area contributed by atoms with Gasteiger partial charge < -0.3 is 4.98 Å². The van der Waals surface area contributed by atoms with E-state index in [2.05, 4.69) is 55.0 Å². The third-order valence-corrected chi connectivity index (χ3v) is 5.58. The van der Waals surface area contributed by atoms with E-state index in [0.717, 1.165) is 47.5 Å². The molecule has 1 aliphatic rings. The van der Waals surface area contributed by atoms with Crippen molar-refractivity contribution in [3.63, 3.8) is 0 Å². The zero-order valence-corrected chi connectivity index (χ0v) is 14.7. The molecule has 1 aliphatic heterocycles. The summed E-state index contributed by atoms with van der Waals surface area (Å²) in [6.07, 6.45) is 2.41. The van der Waals surface area contributed by atoms with E-state index in [1.807, 2.05) is 6.07 Å². The molecule has 0 unspecified atom stereocenters. The number of para-hydroxylation sites is 2. The highest BCUT2D eigenvalue weighted by Crippen LogP contribution is 2.28. The summed E-state index contributed by atoms with van der Waals surface area (Å²) in [7, 11) is 0. The first-order valence-corrected chi connectivity index (χ1v) is 9.46. The average Bonchev–Trinajstić information content (AvgIpc) is 3.28. The summed E-state index contributed by atoms with van der Waals surface area (Å²) in [5, 5.41) is 0. The highest BCUT2D eigenvalue weighted by molar-refractivity contribution is 7.00. The van der Waals surface area contributed by atoms with Gasteiger partial charge in [0, 0.05) is 19.0 Å². The lowest BCUT2D eigenvalue weighted by molar-refractivity contribution is 0.197. The molecule has 1 N–H and O–H groups in total. The Kier molecular flexibility index (Phi) is 3.72. The van der Waals surface area contributed by atoms with Gasteiger partial charge in [-0.3, -0.25) is 4.90 Å². The Bertz CT molecular complexity index is 988. The molecule has 2 aromatic carbocycles. The van der Waals surface area contributed by atoms with Crippen molar-refractivity contribution >= 4 is 33.8 Å². The van der Waals surface area contributed by atoms with Crippen LogP contribution >= 0.6 is 11.7 Å². The van der Waals surface area contributed by atoms with Crippen molar-refractivity contribution < 1.29 is 0 Å². The van der Waals surface area contributed by atoms with Crippen LogP contribution in [0, 0.1) is 0 Å². The number of aromatic nitrogens is 4. The monoisotopic (exact) mass is 349 g/mol. The predicted molar refractivity (Wildman–Crippen MR) is 101 cm³/mol. The molecule has 2 aromatic heterocycles. The van der Waals surface area contributed by atoms with E-state index in [1.165, 1.54) is 30.1 Å². The molecule has 4 aromatic rings. The van der Waals surface area contributed by atoms with Crippen LogP contribution in [0.15, 0.2) is 42.5 Å². The SMILES string of the molecule is c1ccc2[nH]c([C@@H]3CCCN(Cc4ccc5nsnc5c4)C3)nc2c1. The van der Waals surface area contributed by atoms with Crippen molar-refractivity contribution in [3.8, 4) is 0 Å². The van der Waals surface area contributed by atoms with Gasteiger partial charge in [-0.15, -0.1) is 0 Å². The Hall–Kier alpha value is -2.31. The van der Waals surface area contributed by atoms with Crippen LogP contribution in [0.3, 0.4) is 0 Å². The first kappa shape index (κ1) is 15.0. The van der Waals surface area contributed by atoms with Crippen LogP contribution in [0.25, 0.3) is 22.1 Å². The van der Waals surface area contributed by atoms with Crippen LogP contribution in [-0.2, 0) is 6.54 Å². The van der Waals surface area contributed by atoms with Crippen LogP contribution in [0.4, 0.5) is 0 Å². The van der Waals surface area contributed by atoms with Gasteiger partial charge >= 0.3 is 0 Å². The van der Waals surface area contributed by atoms with E-state index in [0.29, 0.717) is 5.92 Å². The maximum atomic E-state index is 4.81. The molecule has 1 saturated heterocycles. The molecule has 0 radical (unpaired) electrons. The summed E-state index contributed by atoms with van der Waals surface area (Å²) in [5.74, 6) is 1.61. The lowest BCUT2D eigenvalue weighted by atomic mass is 9.97. The fourth-order valence-electron chi connectivity index (χ4n) is 3.77. The maximum absolute atomic E-state index is 4.81. The van der Waals surface area contributed by atoms with Crippen LogP contribution in [0.5, 0.6) is 0 Å². The molecule has 5 rings (SSSR count). The number of fused-ring (bicyclic) bond motifs is 2. The fourth-order valence-corrected chi connectivity index (χ4v) is 4.29. The molecule has 1 fully saturated rings. The molecule has 126 valence electrons. The largest absolute Gasteiger partial charge is 0.342 e. The maximum Gasteiger partial charge on any atom is 0.111 e. The number of H-pyrrole nitrogens is 1.